The normalized spacial score (nSPS) is 14.7. The second-order valence-electron chi connectivity index (χ2n) is 7.33. The Balaban J connectivity index is 1.75. The van der Waals surface area contributed by atoms with Crippen LogP contribution >= 0.6 is 0 Å². The molecule has 0 bridgehead atoms. The molecule has 0 fully saturated rings. The lowest BCUT2D eigenvalue weighted by atomic mass is 9.94. The van der Waals surface area contributed by atoms with E-state index >= 15 is 0 Å². The van der Waals surface area contributed by atoms with Crippen molar-refractivity contribution in [3.8, 4) is 11.1 Å². The number of benzene rings is 2. The first-order valence-electron chi connectivity index (χ1n) is 9.46. The Bertz CT molecular complexity index is 1220. The topological polar surface area (TPSA) is 93.1 Å². The summed E-state index contributed by atoms with van der Waals surface area (Å²) in [6.07, 6.45) is 1.28. The number of carbonyl (C=O) groups is 1. The van der Waals surface area contributed by atoms with Gasteiger partial charge in [0.1, 0.15) is 11.5 Å². The van der Waals surface area contributed by atoms with E-state index in [0.717, 1.165) is 11.8 Å². The van der Waals surface area contributed by atoms with Crippen molar-refractivity contribution in [3.63, 3.8) is 0 Å². The molecule has 30 heavy (non-hydrogen) atoms. The molecule has 2 aromatic carbocycles. The molecule has 0 saturated carbocycles. The number of halogens is 1. The summed E-state index contributed by atoms with van der Waals surface area (Å²) in [5.74, 6) is -0.694. The van der Waals surface area contributed by atoms with Crippen molar-refractivity contribution in [1.82, 2.24) is 9.78 Å². The molecular formula is C21H21FN4O3S. The average Bonchev–Trinajstić information content (AvgIpc) is 3.04. The van der Waals surface area contributed by atoms with Gasteiger partial charge in [-0.25, -0.2) is 17.5 Å². The van der Waals surface area contributed by atoms with Crippen molar-refractivity contribution in [3.05, 3.63) is 65.6 Å². The van der Waals surface area contributed by atoms with E-state index in [9.17, 15) is 17.6 Å². The highest BCUT2D eigenvalue weighted by Gasteiger charge is 2.29. The van der Waals surface area contributed by atoms with Gasteiger partial charge in [0.15, 0.2) is 5.82 Å². The Morgan fingerprint density at radius 2 is 1.93 bits per heavy atom. The van der Waals surface area contributed by atoms with E-state index in [2.05, 4.69) is 15.1 Å². The molecule has 0 saturated heterocycles. The minimum absolute atomic E-state index is 0.212. The summed E-state index contributed by atoms with van der Waals surface area (Å²) in [5, 5.41) is 7.19. The summed E-state index contributed by atoms with van der Waals surface area (Å²) in [7, 11) is -3.62. The number of carbonyl (C=O) groups excluding carboxylic acids is 1. The summed E-state index contributed by atoms with van der Waals surface area (Å²) >= 11 is 0. The Morgan fingerprint density at radius 3 is 2.60 bits per heavy atom. The molecule has 1 aromatic heterocycles. The van der Waals surface area contributed by atoms with Crippen LogP contribution in [-0.2, 0) is 21.4 Å². The van der Waals surface area contributed by atoms with Gasteiger partial charge in [-0.1, -0.05) is 49.4 Å². The van der Waals surface area contributed by atoms with E-state index < -0.39 is 15.9 Å². The second-order valence-corrected chi connectivity index (χ2v) is 9.08. The fourth-order valence-electron chi connectivity index (χ4n) is 3.57. The maximum atomic E-state index is 14.9. The lowest BCUT2D eigenvalue weighted by molar-refractivity contribution is -0.116. The predicted octanol–water partition coefficient (Wildman–Crippen LogP) is 3.55. The number of rotatable bonds is 5. The number of hydrogen-bond acceptors (Lipinski definition) is 4. The Labute approximate surface area is 174 Å². The van der Waals surface area contributed by atoms with Gasteiger partial charge in [-0.3, -0.25) is 9.52 Å². The van der Waals surface area contributed by atoms with Crippen LogP contribution < -0.4 is 10.0 Å². The zero-order valence-corrected chi connectivity index (χ0v) is 17.3. The number of fused-ring (bicyclic) bond motifs is 1. The minimum Gasteiger partial charge on any atom is -0.309 e. The number of amides is 1. The zero-order valence-electron chi connectivity index (χ0n) is 16.5. The van der Waals surface area contributed by atoms with E-state index in [4.69, 9.17) is 0 Å². The molecule has 1 aliphatic rings. The lowest BCUT2D eigenvalue weighted by Gasteiger charge is -2.16. The highest BCUT2D eigenvalue weighted by Crippen LogP contribution is 2.38. The highest BCUT2D eigenvalue weighted by atomic mass is 32.2. The number of sulfonamides is 1. The third-order valence-electron chi connectivity index (χ3n) is 5.06. The average molecular weight is 428 g/mol. The van der Waals surface area contributed by atoms with Gasteiger partial charge in [0.05, 0.1) is 18.5 Å². The van der Waals surface area contributed by atoms with Gasteiger partial charge in [-0.05, 0) is 17.2 Å². The van der Waals surface area contributed by atoms with Crippen molar-refractivity contribution in [2.75, 3.05) is 16.3 Å². The molecule has 4 rings (SSSR count). The molecule has 0 radical (unpaired) electrons. The zero-order chi connectivity index (χ0) is 21.5. The number of aryl methyl sites for hydroxylation is 1. The molecular weight excluding hydrogens is 407 g/mol. The number of anilines is 2. The third kappa shape index (κ3) is 3.93. The van der Waals surface area contributed by atoms with Gasteiger partial charge >= 0.3 is 0 Å². The van der Waals surface area contributed by atoms with Crippen molar-refractivity contribution in [2.24, 2.45) is 0 Å². The molecule has 156 valence electrons. The van der Waals surface area contributed by atoms with E-state index in [1.807, 2.05) is 37.3 Å². The summed E-state index contributed by atoms with van der Waals surface area (Å²) in [6.45, 7) is 2.16. The minimum atomic E-state index is -3.62. The highest BCUT2D eigenvalue weighted by molar-refractivity contribution is 7.92. The van der Waals surface area contributed by atoms with Crippen LogP contribution in [0.1, 0.15) is 30.5 Å². The van der Waals surface area contributed by atoms with Gasteiger partial charge in [-0.15, -0.1) is 0 Å². The lowest BCUT2D eigenvalue weighted by Crippen LogP contribution is -2.24. The molecule has 1 amide bonds. The fourth-order valence-corrected chi connectivity index (χ4v) is 4.14. The maximum absolute atomic E-state index is 14.9. The van der Waals surface area contributed by atoms with E-state index in [0.29, 0.717) is 29.2 Å². The molecule has 2 N–H and O–H groups in total. The first-order valence-corrected chi connectivity index (χ1v) is 11.4. The summed E-state index contributed by atoms with van der Waals surface area (Å²) < 4.78 is 42.7. The van der Waals surface area contributed by atoms with Gasteiger partial charge < -0.3 is 5.32 Å². The predicted molar refractivity (Wildman–Crippen MR) is 113 cm³/mol. The quantitative estimate of drug-likeness (QED) is 0.650. The Hall–Kier alpha value is -3.20. The largest absolute Gasteiger partial charge is 0.309 e. The Kier molecular flexibility index (Phi) is 5.07. The number of hydrogen-bond donors (Lipinski definition) is 2. The number of nitrogens with one attached hydrogen (secondary N) is 2. The first-order chi connectivity index (χ1) is 14.2. The molecule has 3 aromatic rings. The molecule has 1 unspecified atom stereocenters. The van der Waals surface area contributed by atoms with Crippen molar-refractivity contribution < 1.29 is 17.6 Å². The van der Waals surface area contributed by atoms with Crippen molar-refractivity contribution in [1.29, 1.82) is 0 Å². The fraction of sp³-hybridized carbons (Fsp3) is 0.238. The standard InChI is InChI=1S/C21H21FN4O3S/c1-13(15-8-9-16(17(22)12-15)14-6-4-3-5-7-14)19-20(25-30(2,28)29)21-23-18(27)10-11-26(21)24-19/h3-9,12-13,25H,10-11H2,1-2H3,(H,23,27). The first kappa shape index (κ1) is 20.1. The van der Waals surface area contributed by atoms with Gasteiger partial charge in [-0.2, -0.15) is 5.10 Å². The molecule has 2 heterocycles. The number of aromatic nitrogens is 2. The summed E-state index contributed by atoms with van der Waals surface area (Å²) in [5.41, 5.74) is 2.53. The number of nitrogens with zero attached hydrogens (tertiary/aromatic N) is 2. The smallest absolute Gasteiger partial charge is 0.229 e. The molecule has 7 nitrogen and oxygen atoms in total. The van der Waals surface area contributed by atoms with Crippen LogP contribution in [0, 0.1) is 5.82 Å². The maximum Gasteiger partial charge on any atom is 0.229 e. The molecule has 0 spiro atoms. The van der Waals surface area contributed by atoms with Crippen molar-refractivity contribution >= 4 is 27.4 Å². The second kappa shape index (κ2) is 7.56. The monoisotopic (exact) mass is 428 g/mol. The molecule has 1 atom stereocenters. The van der Waals surface area contributed by atoms with Crippen LogP contribution in [0.15, 0.2) is 48.5 Å². The van der Waals surface area contributed by atoms with E-state index in [1.54, 1.807) is 16.8 Å². The molecule has 0 aliphatic carbocycles. The molecule has 9 heteroatoms. The summed E-state index contributed by atoms with van der Waals surface area (Å²) in [4.78, 5) is 11.8. The van der Waals surface area contributed by atoms with Crippen LogP contribution in [0.4, 0.5) is 15.9 Å². The van der Waals surface area contributed by atoms with Gasteiger partial charge in [0, 0.05) is 17.9 Å². The van der Waals surface area contributed by atoms with Crippen molar-refractivity contribution in [2.45, 2.75) is 25.8 Å². The Morgan fingerprint density at radius 1 is 1.20 bits per heavy atom. The van der Waals surface area contributed by atoms with Crippen LogP contribution in [0.5, 0.6) is 0 Å². The van der Waals surface area contributed by atoms with Crippen LogP contribution in [0.2, 0.25) is 0 Å². The summed E-state index contributed by atoms with van der Waals surface area (Å²) in [6, 6.07) is 14.2. The third-order valence-corrected chi connectivity index (χ3v) is 5.64. The van der Waals surface area contributed by atoms with Gasteiger partial charge in [0.25, 0.3) is 0 Å². The van der Waals surface area contributed by atoms with E-state index in [1.165, 1.54) is 6.07 Å². The van der Waals surface area contributed by atoms with E-state index in [-0.39, 0.29) is 23.8 Å². The van der Waals surface area contributed by atoms with Crippen LogP contribution in [-0.4, -0.2) is 30.4 Å². The molecule has 1 aliphatic heterocycles. The van der Waals surface area contributed by atoms with Crippen LogP contribution in [0.25, 0.3) is 11.1 Å². The van der Waals surface area contributed by atoms with Gasteiger partial charge in [0.2, 0.25) is 15.9 Å². The van der Waals surface area contributed by atoms with Crippen LogP contribution in [0.3, 0.4) is 0 Å². The SMILES string of the molecule is CC(c1ccc(-c2ccccc2)c(F)c1)c1nn2c(c1NS(C)(=O)=O)NC(=O)CC2.